The molecular weight excluding hydrogens is 240 g/mol. The van der Waals surface area contributed by atoms with Gasteiger partial charge in [-0.15, -0.1) is 0 Å². The Hall–Kier alpha value is -2.36. The Morgan fingerprint density at radius 1 is 1.32 bits per heavy atom. The van der Waals surface area contributed by atoms with Crippen LogP contribution in [0.5, 0.6) is 5.75 Å². The Bertz CT molecular complexity index is 582. The fourth-order valence-corrected chi connectivity index (χ4v) is 1.82. The molecule has 0 bridgehead atoms. The van der Waals surface area contributed by atoms with E-state index in [0.29, 0.717) is 17.7 Å². The maximum atomic E-state index is 12.2. The Labute approximate surface area is 112 Å². The van der Waals surface area contributed by atoms with Crippen LogP contribution in [0.3, 0.4) is 0 Å². The summed E-state index contributed by atoms with van der Waals surface area (Å²) in [6, 6.07) is 10.5. The lowest BCUT2D eigenvalue weighted by molar-refractivity contribution is 0.0783. The number of benzene rings is 1. The maximum Gasteiger partial charge on any atom is 0.253 e. The second-order valence-electron chi connectivity index (χ2n) is 4.48. The summed E-state index contributed by atoms with van der Waals surface area (Å²) in [7, 11) is 1.74. The van der Waals surface area contributed by atoms with E-state index in [1.807, 2.05) is 18.2 Å². The van der Waals surface area contributed by atoms with Crippen molar-refractivity contribution in [1.29, 1.82) is 0 Å². The van der Waals surface area contributed by atoms with Crippen LogP contribution in [0.2, 0.25) is 0 Å². The number of hydrogen-bond donors (Lipinski definition) is 1. The molecule has 1 aromatic heterocycles. The number of aromatic hydroxyl groups is 1. The first-order valence-electron chi connectivity index (χ1n) is 6.03. The van der Waals surface area contributed by atoms with Gasteiger partial charge in [0.25, 0.3) is 5.91 Å². The number of nitrogens with zero attached hydrogens (tertiary/aromatic N) is 2. The van der Waals surface area contributed by atoms with Gasteiger partial charge >= 0.3 is 0 Å². The quantitative estimate of drug-likeness (QED) is 0.917. The van der Waals surface area contributed by atoms with E-state index in [0.717, 1.165) is 5.69 Å². The molecule has 1 heterocycles. The lowest BCUT2D eigenvalue weighted by Gasteiger charge is -2.17. The zero-order valence-electron chi connectivity index (χ0n) is 11.0. The minimum absolute atomic E-state index is 0.0891. The molecule has 98 valence electrons. The molecule has 0 spiro atoms. The number of hydrogen-bond acceptors (Lipinski definition) is 3. The summed E-state index contributed by atoms with van der Waals surface area (Å²) >= 11 is 0. The van der Waals surface area contributed by atoms with Gasteiger partial charge in [0.05, 0.1) is 12.2 Å². The van der Waals surface area contributed by atoms with Crippen LogP contribution < -0.4 is 0 Å². The highest BCUT2D eigenvalue weighted by molar-refractivity contribution is 5.94. The first-order chi connectivity index (χ1) is 9.08. The summed E-state index contributed by atoms with van der Waals surface area (Å²) in [4.78, 5) is 18.0. The zero-order chi connectivity index (χ0) is 13.8. The van der Waals surface area contributed by atoms with Gasteiger partial charge in [-0.2, -0.15) is 0 Å². The molecular formula is C15H16N2O2. The fourth-order valence-electron chi connectivity index (χ4n) is 1.82. The van der Waals surface area contributed by atoms with Crippen LogP contribution in [-0.4, -0.2) is 27.9 Å². The molecule has 0 radical (unpaired) electrons. The molecule has 4 nitrogen and oxygen atoms in total. The average molecular weight is 256 g/mol. The monoisotopic (exact) mass is 256 g/mol. The van der Waals surface area contributed by atoms with Crippen LogP contribution in [-0.2, 0) is 6.54 Å². The molecule has 1 aromatic carbocycles. The molecule has 0 aliphatic rings. The minimum atomic E-state index is -0.0891. The number of amides is 1. The number of aryl methyl sites for hydroxylation is 1. The number of carbonyl (C=O) groups is 1. The number of phenolic OH excluding ortho intramolecular Hbond substituents is 1. The topological polar surface area (TPSA) is 53.4 Å². The predicted octanol–water partition coefficient (Wildman–Crippen LogP) is 2.37. The van der Waals surface area contributed by atoms with Gasteiger partial charge in [-0.3, -0.25) is 9.78 Å². The van der Waals surface area contributed by atoms with Gasteiger partial charge in [-0.1, -0.05) is 6.07 Å². The summed E-state index contributed by atoms with van der Waals surface area (Å²) in [5.41, 5.74) is 2.10. The fraction of sp³-hybridized carbons (Fsp3) is 0.200. The van der Waals surface area contributed by atoms with Crippen molar-refractivity contribution in [2.24, 2.45) is 0 Å². The SMILES string of the molecule is Cc1cc(C(=O)N(C)Cc2ccccn2)ccc1O. The van der Waals surface area contributed by atoms with Gasteiger partial charge < -0.3 is 10.0 Å². The third-order valence-electron chi connectivity index (χ3n) is 2.92. The van der Waals surface area contributed by atoms with Crippen LogP contribution in [0.25, 0.3) is 0 Å². The van der Waals surface area contributed by atoms with Crippen molar-refractivity contribution in [1.82, 2.24) is 9.88 Å². The first kappa shape index (κ1) is 13.1. The van der Waals surface area contributed by atoms with Gasteiger partial charge in [-0.25, -0.2) is 0 Å². The largest absolute Gasteiger partial charge is 0.508 e. The van der Waals surface area contributed by atoms with Crippen molar-refractivity contribution in [2.75, 3.05) is 7.05 Å². The first-order valence-corrected chi connectivity index (χ1v) is 6.03. The standard InChI is InChI=1S/C15H16N2O2/c1-11-9-12(6-7-14(11)18)15(19)17(2)10-13-5-3-4-8-16-13/h3-9,18H,10H2,1-2H3. The van der Waals surface area contributed by atoms with Gasteiger partial charge in [0.1, 0.15) is 5.75 Å². The summed E-state index contributed by atoms with van der Waals surface area (Å²) in [5, 5.41) is 9.46. The molecule has 19 heavy (non-hydrogen) atoms. The van der Waals surface area contributed by atoms with Crippen LogP contribution in [0.1, 0.15) is 21.6 Å². The average Bonchev–Trinajstić information content (AvgIpc) is 2.42. The molecule has 4 heteroatoms. The number of carbonyl (C=O) groups excluding carboxylic acids is 1. The van der Waals surface area contributed by atoms with E-state index in [1.54, 1.807) is 37.2 Å². The van der Waals surface area contributed by atoms with E-state index < -0.39 is 0 Å². The smallest absolute Gasteiger partial charge is 0.253 e. The zero-order valence-corrected chi connectivity index (χ0v) is 11.0. The van der Waals surface area contributed by atoms with Crippen LogP contribution >= 0.6 is 0 Å². The predicted molar refractivity (Wildman–Crippen MR) is 72.9 cm³/mol. The van der Waals surface area contributed by atoms with Crippen molar-refractivity contribution in [3.05, 3.63) is 59.4 Å². The summed E-state index contributed by atoms with van der Waals surface area (Å²) in [6.07, 6.45) is 1.71. The third-order valence-corrected chi connectivity index (χ3v) is 2.92. The molecule has 1 amide bonds. The Balaban J connectivity index is 2.12. The molecule has 0 aliphatic heterocycles. The second kappa shape index (κ2) is 5.52. The molecule has 0 atom stereocenters. The van der Waals surface area contributed by atoms with Crippen molar-refractivity contribution in [2.45, 2.75) is 13.5 Å². The van der Waals surface area contributed by atoms with E-state index in [9.17, 15) is 9.90 Å². The van der Waals surface area contributed by atoms with Gasteiger partial charge in [-0.05, 0) is 42.8 Å². The van der Waals surface area contributed by atoms with E-state index in [-0.39, 0.29) is 11.7 Å². The Kier molecular flexibility index (Phi) is 3.80. The normalized spacial score (nSPS) is 10.2. The molecule has 0 aliphatic carbocycles. The van der Waals surface area contributed by atoms with Crippen molar-refractivity contribution < 1.29 is 9.90 Å². The van der Waals surface area contributed by atoms with E-state index >= 15 is 0 Å². The molecule has 0 unspecified atom stereocenters. The van der Waals surface area contributed by atoms with Crippen molar-refractivity contribution in [3.8, 4) is 5.75 Å². The molecule has 1 N–H and O–H groups in total. The summed E-state index contributed by atoms with van der Waals surface area (Å²) in [5.74, 6) is 0.109. The van der Waals surface area contributed by atoms with Crippen molar-refractivity contribution in [3.63, 3.8) is 0 Å². The maximum absolute atomic E-state index is 12.2. The number of aromatic nitrogens is 1. The highest BCUT2D eigenvalue weighted by atomic mass is 16.3. The van der Waals surface area contributed by atoms with Crippen LogP contribution in [0.4, 0.5) is 0 Å². The van der Waals surface area contributed by atoms with Gasteiger partial charge in [0.2, 0.25) is 0 Å². The van der Waals surface area contributed by atoms with Gasteiger partial charge in [0.15, 0.2) is 0 Å². The third kappa shape index (κ3) is 3.10. The van der Waals surface area contributed by atoms with Crippen molar-refractivity contribution >= 4 is 5.91 Å². The van der Waals surface area contributed by atoms with E-state index in [4.69, 9.17) is 0 Å². The number of pyridine rings is 1. The second-order valence-corrected chi connectivity index (χ2v) is 4.48. The Morgan fingerprint density at radius 3 is 2.74 bits per heavy atom. The highest BCUT2D eigenvalue weighted by Crippen LogP contribution is 2.18. The molecule has 0 fully saturated rings. The minimum Gasteiger partial charge on any atom is -0.508 e. The lowest BCUT2D eigenvalue weighted by Crippen LogP contribution is -2.26. The summed E-state index contributed by atoms with van der Waals surface area (Å²) < 4.78 is 0. The van der Waals surface area contributed by atoms with E-state index in [2.05, 4.69) is 4.98 Å². The lowest BCUT2D eigenvalue weighted by atomic mass is 10.1. The molecule has 0 saturated carbocycles. The summed E-state index contributed by atoms with van der Waals surface area (Å²) in [6.45, 7) is 2.23. The molecule has 0 saturated heterocycles. The van der Waals surface area contributed by atoms with Crippen LogP contribution in [0, 0.1) is 6.92 Å². The molecule has 2 aromatic rings. The molecule has 2 rings (SSSR count). The Morgan fingerprint density at radius 2 is 2.11 bits per heavy atom. The highest BCUT2D eigenvalue weighted by Gasteiger charge is 2.13. The van der Waals surface area contributed by atoms with Gasteiger partial charge in [0, 0.05) is 18.8 Å². The number of rotatable bonds is 3. The van der Waals surface area contributed by atoms with E-state index in [1.165, 1.54) is 6.07 Å². The number of phenols is 1. The van der Waals surface area contributed by atoms with Crippen LogP contribution in [0.15, 0.2) is 42.6 Å².